The number of nitrogens with one attached hydrogen (secondary N) is 8. The van der Waals surface area contributed by atoms with Gasteiger partial charge < -0.3 is 136 Å². The SMILES string of the molecule is Cc1c(N)nc([C@H](CC(N)=O)NC[C@H](N)C(N)=O)nc1C(=O)N[C@H](C(=O)N[C@H](C)[C@@H](O)[C@H](C)C(=O)N[C@H](C(=O)NCCc1nc(-c2nc(C(=O)NCCC(=N)N)cs2)cs1)[C@@H](C)O)[C@@H](O[C@@H]1O[C@@H](CO)[C@@H](O)[C@H](O)[C@@H]1O[C@H]1O[C@H](CO)[C@@H](O)[C@H](OC(N)=O)[C@@H]1O)c1cnc[nH]1. The number of aliphatic hydroxyl groups is 8. The number of aromatic nitrogens is 6. The van der Waals surface area contributed by atoms with Crippen molar-refractivity contribution >= 4 is 81.8 Å². The van der Waals surface area contributed by atoms with Gasteiger partial charge in [-0.1, -0.05) is 6.92 Å². The number of nitrogens with zero attached hydrogens (tertiary/aromatic N) is 5. The van der Waals surface area contributed by atoms with Crippen LogP contribution in [0.25, 0.3) is 10.7 Å². The van der Waals surface area contributed by atoms with E-state index in [0.717, 1.165) is 12.5 Å². The van der Waals surface area contributed by atoms with E-state index in [1.807, 2.05) is 0 Å². The Bertz CT molecular complexity index is 3310. The first kappa shape index (κ1) is 75.8. The van der Waals surface area contributed by atoms with Crippen LogP contribution >= 0.6 is 22.7 Å². The van der Waals surface area contributed by atoms with Crippen LogP contribution in [0.3, 0.4) is 0 Å². The summed E-state index contributed by atoms with van der Waals surface area (Å²) < 4.78 is 28.7. The van der Waals surface area contributed by atoms with Crippen molar-refractivity contribution in [2.24, 2.45) is 34.6 Å². The molecule has 40 nitrogen and oxygen atoms in total. The average Bonchev–Trinajstić information content (AvgIpc) is 1.31. The highest BCUT2D eigenvalue weighted by Crippen LogP contribution is 2.35. The van der Waals surface area contributed by atoms with Crippen molar-refractivity contribution in [1.29, 1.82) is 5.41 Å². The number of nitrogens with two attached hydrogens (primary N) is 6. The molecule has 95 heavy (non-hydrogen) atoms. The molecule has 0 radical (unpaired) electrons. The lowest BCUT2D eigenvalue weighted by Crippen LogP contribution is -2.65. The van der Waals surface area contributed by atoms with Gasteiger partial charge in [-0.05, 0) is 20.8 Å². The van der Waals surface area contributed by atoms with Crippen LogP contribution in [0.4, 0.5) is 10.6 Å². The summed E-state index contributed by atoms with van der Waals surface area (Å²) in [5, 5.41) is 115. The number of primary amides is 3. The molecule has 6 heterocycles. The number of aliphatic hydroxyl groups excluding tert-OH is 8. The van der Waals surface area contributed by atoms with Gasteiger partial charge in [-0.3, -0.25) is 39.0 Å². The van der Waals surface area contributed by atoms with E-state index in [0.29, 0.717) is 15.7 Å². The number of rotatable bonds is 34. The first-order chi connectivity index (χ1) is 44.8. The summed E-state index contributed by atoms with van der Waals surface area (Å²) in [5.41, 5.74) is 33.2. The maximum absolute atomic E-state index is 15.2. The van der Waals surface area contributed by atoms with Crippen molar-refractivity contribution in [3.8, 4) is 10.7 Å². The fourth-order valence-corrected chi connectivity index (χ4v) is 11.2. The Morgan fingerprint density at radius 3 is 2.08 bits per heavy atom. The lowest BCUT2D eigenvalue weighted by atomic mass is 9.96. The van der Waals surface area contributed by atoms with E-state index in [2.05, 4.69) is 61.8 Å². The number of amidine groups is 1. The molecule has 6 rings (SSSR count). The Morgan fingerprint density at radius 2 is 1.46 bits per heavy atom. The lowest BCUT2D eigenvalue weighted by molar-refractivity contribution is -0.372. The third-order valence-corrected chi connectivity index (χ3v) is 16.7. The molecule has 0 unspecified atom stereocenters. The molecule has 4 aromatic heterocycles. The topological polar surface area (TPSA) is 677 Å². The molecule has 2 fully saturated rings. The third kappa shape index (κ3) is 20.0. The van der Waals surface area contributed by atoms with E-state index in [1.165, 1.54) is 50.4 Å². The van der Waals surface area contributed by atoms with Gasteiger partial charge in [0.2, 0.25) is 29.5 Å². The van der Waals surface area contributed by atoms with E-state index in [4.69, 9.17) is 63.5 Å². The standard InChI is InChI=1S/C53H79N19O21S2/c1-17-31(69-44(72-42(17)58)22(9-29(57)76)64-10-21(54)43(59)82)48(86)71-33(39(23-11-61-16-65-23)91-52-41(37(80)35(78)26(12-73)90-52)92-51-38(81)40(93-53(60)88)36(79)27(13-74)89-51)49(87)66-19(3)34(77)18(2)45(83)70-32(20(4)75)47(85)63-8-6-30-67-25(15-94-30)50-68-24(14-95-50)46(84)62-7-5-28(55)56/h11,14-16,18-22,26-27,32-41,51-52,64,73-75,77-81H,5-10,12-13,54H2,1-4H3,(H3,55,56)(H2,57,76)(H2,59,82)(H2,60,88)(H,61,65)(H,62,84)(H,63,85)(H,66,87)(H,70,83)(H,71,86)(H2,58,69,72)/t18-,19+,20+,21-,22-,26-,27+,32-,33-,34-,35+,36+,37-,38-,39-,40-,41-,51+,52-/m0/s1. The van der Waals surface area contributed by atoms with Gasteiger partial charge in [0.05, 0.1) is 78.5 Å². The Kier molecular flexibility index (Phi) is 27.5. The van der Waals surface area contributed by atoms with Crippen molar-refractivity contribution < 1.29 is 103 Å². The van der Waals surface area contributed by atoms with Crippen molar-refractivity contribution in [2.45, 2.75) is 157 Å². The van der Waals surface area contributed by atoms with E-state index in [1.54, 1.807) is 10.8 Å². The summed E-state index contributed by atoms with van der Waals surface area (Å²) in [6.45, 7) is 2.71. The molecular weight excluding hydrogens is 1300 g/mol. The number of carbonyl (C=O) groups is 8. The number of H-pyrrole nitrogens is 1. The summed E-state index contributed by atoms with van der Waals surface area (Å²) in [5.74, 6) is -9.02. The number of anilines is 1. The second-order valence-electron chi connectivity index (χ2n) is 22.1. The molecule has 2 aliphatic heterocycles. The zero-order chi connectivity index (χ0) is 70.3. The lowest BCUT2D eigenvalue weighted by Gasteiger charge is -2.47. The number of ether oxygens (including phenoxy) is 5. The van der Waals surface area contributed by atoms with E-state index < -0.39 is 189 Å². The van der Waals surface area contributed by atoms with E-state index in [9.17, 15) is 74.4 Å². The van der Waals surface area contributed by atoms with Gasteiger partial charge in [-0.25, -0.2) is 29.7 Å². The zero-order valence-corrected chi connectivity index (χ0v) is 53.0. The molecule has 2 saturated heterocycles. The highest BCUT2D eigenvalue weighted by molar-refractivity contribution is 7.14. The molecule has 28 N–H and O–H groups in total. The fourth-order valence-electron chi connectivity index (χ4n) is 9.55. The van der Waals surface area contributed by atoms with Crippen LogP contribution in [0.15, 0.2) is 23.3 Å². The van der Waals surface area contributed by atoms with Crippen LogP contribution < -0.4 is 66.3 Å². The van der Waals surface area contributed by atoms with Gasteiger partial charge in [0.25, 0.3) is 11.8 Å². The molecule has 0 bridgehead atoms. The zero-order valence-electron chi connectivity index (χ0n) is 51.3. The fraction of sp³-hybridized carbons (Fsp3) is 0.585. The monoisotopic (exact) mass is 1380 g/mol. The van der Waals surface area contributed by atoms with Crippen molar-refractivity contribution in [3.05, 3.63) is 56.8 Å². The smallest absolute Gasteiger partial charge is 0.404 e. The molecule has 0 spiro atoms. The van der Waals surface area contributed by atoms with Gasteiger partial charge in [0, 0.05) is 55.2 Å². The number of amides is 8. The highest BCUT2D eigenvalue weighted by atomic mass is 32.1. The van der Waals surface area contributed by atoms with Crippen LogP contribution in [-0.4, -0.2) is 255 Å². The molecule has 8 amide bonds. The van der Waals surface area contributed by atoms with Crippen molar-refractivity contribution in [3.63, 3.8) is 0 Å². The Balaban J connectivity index is 1.27. The van der Waals surface area contributed by atoms with Crippen LogP contribution in [0.5, 0.6) is 0 Å². The minimum absolute atomic E-state index is 0.0336. The number of hydrogen-bond acceptors (Lipinski definition) is 32. The second-order valence-corrected chi connectivity index (χ2v) is 23.9. The van der Waals surface area contributed by atoms with Crippen LogP contribution in [0, 0.1) is 18.3 Å². The third-order valence-electron chi connectivity index (χ3n) is 14.9. The molecular formula is C53H79N19O21S2. The summed E-state index contributed by atoms with van der Waals surface area (Å²) in [6, 6.07) is -7.89. The Labute approximate surface area is 547 Å². The first-order valence-electron chi connectivity index (χ1n) is 29.1. The Morgan fingerprint density at radius 1 is 0.779 bits per heavy atom. The summed E-state index contributed by atoms with van der Waals surface area (Å²) in [7, 11) is 0. The van der Waals surface area contributed by atoms with Crippen LogP contribution in [-0.2, 0) is 54.1 Å². The molecule has 0 saturated carbocycles. The second kappa shape index (κ2) is 34.5. The van der Waals surface area contributed by atoms with Crippen LogP contribution in [0.2, 0.25) is 0 Å². The van der Waals surface area contributed by atoms with Gasteiger partial charge in [-0.15, -0.1) is 22.7 Å². The molecule has 19 atom stereocenters. The number of aromatic amines is 1. The Hall–Kier alpha value is -8.18. The normalized spacial score (nSPS) is 24.0. The number of carbonyl (C=O) groups excluding carboxylic acids is 8. The maximum Gasteiger partial charge on any atom is 0.404 e. The molecule has 0 aromatic carbocycles. The van der Waals surface area contributed by atoms with Gasteiger partial charge >= 0.3 is 6.09 Å². The minimum atomic E-state index is -2.20. The van der Waals surface area contributed by atoms with Gasteiger partial charge in [-0.2, -0.15) is 0 Å². The summed E-state index contributed by atoms with van der Waals surface area (Å²) >= 11 is 2.41. The number of nitrogen functional groups attached to an aromatic ring is 1. The predicted octanol–water partition coefficient (Wildman–Crippen LogP) is -8.65. The largest absolute Gasteiger partial charge is 0.441 e. The molecule has 524 valence electrons. The number of imidazole rings is 1. The van der Waals surface area contributed by atoms with Gasteiger partial charge in [0.1, 0.15) is 94.6 Å². The highest BCUT2D eigenvalue weighted by Gasteiger charge is 2.54. The van der Waals surface area contributed by atoms with E-state index in [-0.39, 0.29) is 66.9 Å². The number of thiazole rings is 2. The summed E-state index contributed by atoms with van der Waals surface area (Å²) in [4.78, 5) is 130. The number of hydrogen-bond donors (Lipinski definition) is 22. The summed E-state index contributed by atoms with van der Waals surface area (Å²) in [6.07, 6.45) is -25.1. The van der Waals surface area contributed by atoms with Crippen molar-refractivity contribution in [1.82, 2.24) is 61.8 Å². The van der Waals surface area contributed by atoms with Crippen LogP contribution in [0.1, 0.15) is 88.8 Å². The first-order valence-corrected chi connectivity index (χ1v) is 30.9. The van der Waals surface area contributed by atoms with E-state index >= 15 is 4.79 Å². The predicted molar refractivity (Wildman–Crippen MR) is 327 cm³/mol. The molecule has 2 aliphatic rings. The van der Waals surface area contributed by atoms with Gasteiger partial charge in [0.15, 0.2) is 18.7 Å². The minimum Gasteiger partial charge on any atom is -0.441 e. The average molecular weight is 1380 g/mol. The molecule has 42 heteroatoms. The van der Waals surface area contributed by atoms with Crippen molar-refractivity contribution in [2.75, 3.05) is 38.6 Å². The quantitative estimate of drug-likeness (QED) is 0.0153. The molecule has 4 aromatic rings. The maximum atomic E-state index is 15.2. The molecule has 0 aliphatic carbocycles.